The Morgan fingerprint density at radius 1 is 1.17 bits per heavy atom. The van der Waals surface area contributed by atoms with Gasteiger partial charge in [0.15, 0.2) is 17.4 Å². The van der Waals surface area contributed by atoms with Gasteiger partial charge in [0.05, 0.1) is 19.0 Å². The Morgan fingerprint density at radius 2 is 1.96 bits per heavy atom. The van der Waals surface area contributed by atoms with E-state index in [4.69, 9.17) is 4.74 Å². The Labute approximate surface area is 141 Å². The molecule has 0 saturated heterocycles. The average molecular weight is 345 g/mol. The Balaban J connectivity index is 1.73. The van der Waals surface area contributed by atoms with E-state index in [-0.39, 0.29) is 5.56 Å². The lowest BCUT2D eigenvalue weighted by molar-refractivity contribution is 0.359. The SMILES string of the molecule is COc1c(F)ccc(C=NNc2nc(-c3ccccc3)cs2)c1F. The van der Waals surface area contributed by atoms with Crippen LogP contribution in [0.4, 0.5) is 13.9 Å². The number of nitrogens with one attached hydrogen (secondary N) is 1. The Bertz CT molecular complexity index is 866. The maximum atomic E-state index is 14.0. The summed E-state index contributed by atoms with van der Waals surface area (Å²) >= 11 is 1.38. The molecule has 1 N–H and O–H groups in total. The van der Waals surface area contributed by atoms with E-state index in [1.165, 1.54) is 30.7 Å². The van der Waals surface area contributed by atoms with Gasteiger partial charge in [0.25, 0.3) is 0 Å². The molecular formula is C17H13F2N3OS. The predicted molar refractivity (Wildman–Crippen MR) is 91.7 cm³/mol. The number of benzene rings is 2. The molecule has 0 saturated carbocycles. The third kappa shape index (κ3) is 3.41. The standard InChI is InChI=1S/C17H13F2N3OS/c1-23-16-13(18)8-7-12(15(16)19)9-20-22-17-21-14(10-24-17)11-5-3-2-4-6-11/h2-10H,1H3,(H,21,22). The second-order valence-electron chi connectivity index (χ2n) is 4.76. The molecule has 0 fully saturated rings. The van der Waals surface area contributed by atoms with E-state index in [1.807, 2.05) is 35.7 Å². The Morgan fingerprint density at radius 3 is 2.71 bits per heavy atom. The van der Waals surface area contributed by atoms with E-state index in [9.17, 15) is 8.78 Å². The van der Waals surface area contributed by atoms with Gasteiger partial charge in [0.1, 0.15) is 0 Å². The van der Waals surface area contributed by atoms with Crippen molar-refractivity contribution in [2.24, 2.45) is 5.10 Å². The minimum absolute atomic E-state index is 0.112. The number of hydrazone groups is 1. The molecule has 0 spiro atoms. The van der Waals surface area contributed by atoms with E-state index in [1.54, 1.807) is 0 Å². The number of hydrogen-bond acceptors (Lipinski definition) is 5. The molecule has 0 radical (unpaired) electrons. The van der Waals surface area contributed by atoms with Crippen LogP contribution in [0.2, 0.25) is 0 Å². The third-order valence-corrected chi connectivity index (χ3v) is 3.97. The van der Waals surface area contributed by atoms with Crippen LogP contribution in [0.15, 0.2) is 52.9 Å². The minimum atomic E-state index is -0.799. The first-order valence-electron chi connectivity index (χ1n) is 7.01. The number of anilines is 1. The maximum absolute atomic E-state index is 14.0. The molecule has 24 heavy (non-hydrogen) atoms. The van der Waals surface area contributed by atoms with Gasteiger partial charge < -0.3 is 4.74 Å². The summed E-state index contributed by atoms with van der Waals surface area (Å²) in [6.07, 6.45) is 1.25. The summed E-state index contributed by atoms with van der Waals surface area (Å²) in [4.78, 5) is 4.40. The lowest BCUT2D eigenvalue weighted by Crippen LogP contribution is -1.98. The Kier molecular flexibility index (Phi) is 4.81. The fourth-order valence-corrected chi connectivity index (χ4v) is 2.73. The fraction of sp³-hybridized carbons (Fsp3) is 0.0588. The number of aromatic nitrogens is 1. The van der Waals surface area contributed by atoms with Crippen molar-refractivity contribution in [2.75, 3.05) is 12.5 Å². The van der Waals surface area contributed by atoms with Crippen molar-refractivity contribution in [3.8, 4) is 17.0 Å². The van der Waals surface area contributed by atoms with Crippen LogP contribution in [0.5, 0.6) is 5.75 Å². The Hall–Kier alpha value is -2.80. The number of thiazole rings is 1. The van der Waals surface area contributed by atoms with Crippen molar-refractivity contribution < 1.29 is 13.5 Å². The highest BCUT2D eigenvalue weighted by Gasteiger charge is 2.12. The number of ether oxygens (including phenoxy) is 1. The number of methoxy groups -OCH3 is 1. The topological polar surface area (TPSA) is 46.5 Å². The molecule has 0 bridgehead atoms. The van der Waals surface area contributed by atoms with Gasteiger partial charge in [-0.2, -0.15) is 5.10 Å². The molecule has 0 amide bonds. The largest absolute Gasteiger partial charge is 0.491 e. The van der Waals surface area contributed by atoms with Crippen molar-refractivity contribution in [2.45, 2.75) is 0 Å². The molecule has 1 heterocycles. The van der Waals surface area contributed by atoms with Crippen molar-refractivity contribution in [1.82, 2.24) is 4.98 Å². The van der Waals surface area contributed by atoms with Crippen LogP contribution in [-0.2, 0) is 0 Å². The van der Waals surface area contributed by atoms with Gasteiger partial charge in [-0.1, -0.05) is 30.3 Å². The van der Waals surface area contributed by atoms with Crippen LogP contribution in [0.25, 0.3) is 11.3 Å². The summed E-state index contributed by atoms with van der Waals surface area (Å²) in [5.74, 6) is -1.99. The number of hydrogen-bond donors (Lipinski definition) is 1. The average Bonchev–Trinajstić information content (AvgIpc) is 3.07. The van der Waals surface area contributed by atoms with Crippen molar-refractivity contribution >= 4 is 22.7 Å². The zero-order valence-electron chi connectivity index (χ0n) is 12.7. The number of halogens is 2. The zero-order chi connectivity index (χ0) is 16.9. The van der Waals surface area contributed by atoms with Crippen molar-refractivity contribution in [1.29, 1.82) is 0 Å². The summed E-state index contributed by atoms with van der Waals surface area (Å²) < 4.78 is 32.0. The van der Waals surface area contributed by atoms with Crippen LogP contribution < -0.4 is 10.2 Å². The molecule has 3 aromatic rings. The number of rotatable bonds is 5. The second kappa shape index (κ2) is 7.18. The molecule has 1 aromatic heterocycles. The first-order chi connectivity index (χ1) is 11.7. The fourth-order valence-electron chi connectivity index (χ4n) is 2.06. The minimum Gasteiger partial charge on any atom is -0.491 e. The molecule has 0 aliphatic rings. The third-order valence-electron chi connectivity index (χ3n) is 3.22. The molecule has 2 aromatic carbocycles. The summed E-state index contributed by atoms with van der Waals surface area (Å²) in [6.45, 7) is 0. The monoisotopic (exact) mass is 345 g/mol. The highest BCUT2D eigenvalue weighted by molar-refractivity contribution is 7.14. The van der Waals surface area contributed by atoms with Crippen molar-refractivity contribution in [3.63, 3.8) is 0 Å². The van der Waals surface area contributed by atoms with E-state index in [0.717, 1.165) is 17.3 Å². The van der Waals surface area contributed by atoms with Crippen LogP contribution >= 0.6 is 11.3 Å². The van der Waals surface area contributed by atoms with Gasteiger partial charge in [-0.15, -0.1) is 11.3 Å². The molecule has 4 nitrogen and oxygen atoms in total. The number of nitrogens with zero attached hydrogens (tertiary/aromatic N) is 2. The van der Waals surface area contributed by atoms with Gasteiger partial charge >= 0.3 is 0 Å². The van der Waals surface area contributed by atoms with Crippen LogP contribution in [0, 0.1) is 11.6 Å². The molecule has 0 aliphatic carbocycles. The van der Waals surface area contributed by atoms with E-state index < -0.39 is 17.4 Å². The predicted octanol–water partition coefficient (Wildman–Crippen LogP) is 4.54. The first kappa shape index (κ1) is 16.1. The van der Waals surface area contributed by atoms with Gasteiger partial charge in [-0.25, -0.2) is 13.8 Å². The van der Waals surface area contributed by atoms with Gasteiger partial charge in [0, 0.05) is 16.5 Å². The summed E-state index contributed by atoms with van der Waals surface area (Å²) in [5.41, 5.74) is 4.68. The molecule has 122 valence electrons. The molecule has 7 heteroatoms. The molecular weight excluding hydrogens is 332 g/mol. The maximum Gasteiger partial charge on any atom is 0.203 e. The highest BCUT2D eigenvalue weighted by Crippen LogP contribution is 2.25. The van der Waals surface area contributed by atoms with Gasteiger partial charge in [0.2, 0.25) is 5.13 Å². The van der Waals surface area contributed by atoms with Crippen molar-refractivity contribution in [3.05, 3.63) is 65.0 Å². The second-order valence-corrected chi connectivity index (χ2v) is 5.62. The first-order valence-corrected chi connectivity index (χ1v) is 7.89. The quantitative estimate of drug-likeness (QED) is 0.545. The molecule has 3 rings (SSSR count). The lowest BCUT2D eigenvalue weighted by Gasteiger charge is -2.05. The lowest BCUT2D eigenvalue weighted by atomic mass is 10.2. The smallest absolute Gasteiger partial charge is 0.203 e. The normalized spacial score (nSPS) is 11.0. The molecule has 0 atom stereocenters. The summed E-state index contributed by atoms with van der Waals surface area (Å²) in [6, 6.07) is 12.1. The van der Waals surface area contributed by atoms with Gasteiger partial charge in [-0.3, -0.25) is 5.43 Å². The van der Waals surface area contributed by atoms with E-state index >= 15 is 0 Å². The van der Waals surface area contributed by atoms with Crippen LogP contribution in [0.3, 0.4) is 0 Å². The molecule has 0 aliphatic heterocycles. The van der Waals surface area contributed by atoms with E-state index in [0.29, 0.717) is 5.13 Å². The summed E-state index contributed by atoms with van der Waals surface area (Å²) in [5, 5.41) is 6.41. The van der Waals surface area contributed by atoms with Crippen LogP contribution in [0.1, 0.15) is 5.56 Å². The van der Waals surface area contributed by atoms with Gasteiger partial charge in [-0.05, 0) is 12.1 Å². The summed E-state index contributed by atoms with van der Waals surface area (Å²) in [7, 11) is 1.21. The highest BCUT2D eigenvalue weighted by atomic mass is 32.1. The molecule has 0 unspecified atom stereocenters. The zero-order valence-corrected chi connectivity index (χ0v) is 13.5. The van der Waals surface area contributed by atoms with Crippen LogP contribution in [-0.4, -0.2) is 18.3 Å². The van der Waals surface area contributed by atoms with E-state index in [2.05, 4.69) is 15.5 Å².